The Bertz CT molecular complexity index is 615. The molecule has 0 bridgehead atoms. The van der Waals surface area contributed by atoms with Gasteiger partial charge >= 0.3 is 0 Å². The van der Waals surface area contributed by atoms with Crippen molar-refractivity contribution in [3.63, 3.8) is 0 Å². The highest BCUT2D eigenvalue weighted by atomic mass is 35.5. The second-order valence-electron chi connectivity index (χ2n) is 4.44. The Morgan fingerprint density at radius 2 is 2.24 bits per heavy atom. The number of carbonyl (C=O) groups excluding carboxylic acids is 1. The van der Waals surface area contributed by atoms with Gasteiger partial charge in [0, 0.05) is 6.54 Å². The first-order chi connectivity index (χ1) is 10.1. The number of para-hydroxylation sites is 1. The molecule has 0 saturated carbocycles. The first kappa shape index (κ1) is 15.3. The average Bonchev–Trinajstić information content (AvgIpc) is 2.94. The number of nitrogens with zero attached hydrogens (tertiary/aromatic N) is 3. The Hall–Kier alpha value is -2.08. The van der Waals surface area contributed by atoms with Gasteiger partial charge in [-0.1, -0.05) is 23.7 Å². The minimum Gasteiger partial charge on any atom is -0.479 e. The van der Waals surface area contributed by atoms with Crippen LogP contribution in [-0.4, -0.2) is 26.8 Å². The number of nitrogens with one attached hydrogen (secondary N) is 1. The highest BCUT2D eigenvalue weighted by Crippen LogP contribution is 2.24. The topological polar surface area (TPSA) is 69.0 Å². The number of ether oxygens (including phenoxy) is 1. The van der Waals surface area contributed by atoms with Crippen molar-refractivity contribution in [2.24, 2.45) is 0 Å². The van der Waals surface area contributed by atoms with Crippen LogP contribution in [0.25, 0.3) is 0 Å². The molecule has 0 aliphatic heterocycles. The second kappa shape index (κ2) is 7.08. The van der Waals surface area contributed by atoms with E-state index < -0.39 is 6.10 Å². The Morgan fingerprint density at radius 1 is 1.48 bits per heavy atom. The fourth-order valence-corrected chi connectivity index (χ4v) is 1.95. The van der Waals surface area contributed by atoms with Gasteiger partial charge < -0.3 is 14.6 Å². The molecule has 2 aromatic rings. The highest BCUT2D eigenvalue weighted by molar-refractivity contribution is 6.32. The molecule has 1 unspecified atom stereocenters. The standard InChI is InChI=1S/C14H17ClN4O2/c1-3-19-9-17-18-13(19)8-16-14(20)10(2)21-12-7-5-4-6-11(12)15/h4-7,9-10H,3,8H2,1-2H3,(H,16,20). The van der Waals surface area contributed by atoms with Crippen LogP contribution in [0.4, 0.5) is 0 Å². The molecule has 112 valence electrons. The summed E-state index contributed by atoms with van der Waals surface area (Å²) in [5.41, 5.74) is 0. The minimum absolute atomic E-state index is 0.236. The van der Waals surface area contributed by atoms with Gasteiger partial charge in [0.15, 0.2) is 11.9 Å². The molecule has 6 nitrogen and oxygen atoms in total. The lowest BCUT2D eigenvalue weighted by Gasteiger charge is -2.15. The number of aromatic nitrogens is 3. The maximum atomic E-state index is 12.0. The summed E-state index contributed by atoms with van der Waals surface area (Å²) in [6.07, 6.45) is 0.980. The maximum Gasteiger partial charge on any atom is 0.261 e. The van der Waals surface area contributed by atoms with Gasteiger partial charge in [-0.2, -0.15) is 0 Å². The average molecular weight is 309 g/mol. The van der Waals surface area contributed by atoms with E-state index in [1.807, 2.05) is 11.5 Å². The summed E-state index contributed by atoms with van der Waals surface area (Å²) in [7, 11) is 0. The van der Waals surface area contributed by atoms with Crippen molar-refractivity contribution >= 4 is 17.5 Å². The van der Waals surface area contributed by atoms with E-state index in [0.717, 1.165) is 6.54 Å². The molecule has 1 amide bonds. The number of rotatable bonds is 6. The van der Waals surface area contributed by atoms with Crippen LogP contribution in [0.15, 0.2) is 30.6 Å². The second-order valence-corrected chi connectivity index (χ2v) is 4.85. The molecule has 0 radical (unpaired) electrons. The molecule has 21 heavy (non-hydrogen) atoms. The predicted octanol–water partition coefficient (Wildman–Crippen LogP) is 2.04. The van der Waals surface area contributed by atoms with Crippen molar-refractivity contribution < 1.29 is 9.53 Å². The molecule has 1 aromatic heterocycles. The van der Waals surface area contributed by atoms with Gasteiger partial charge in [-0.05, 0) is 26.0 Å². The summed E-state index contributed by atoms with van der Waals surface area (Å²) in [5.74, 6) is 0.954. The molecule has 0 saturated heterocycles. The van der Waals surface area contributed by atoms with Crippen molar-refractivity contribution in [3.8, 4) is 5.75 Å². The zero-order chi connectivity index (χ0) is 15.2. The van der Waals surface area contributed by atoms with Crippen molar-refractivity contribution in [3.05, 3.63) is 41.4 Å². The molecule has 0 spiro atoms. The summed E-state index contributed by atoms with van der Waals surface area (Å²) in [6.45, 7) is 4.72. The fraction of sp³-hybridized carbons (Fsp3) is 0.357. The Kier molecular flexibility index (Phi) is 5.16. The smallest absolute Gasteiger partial charge is 0.261 e. The molecular formula is C14H17ClN4O2. The zero-order valence-electron chi connectivity index (χ0n) is 11.9. The van der Waals surface area contributed by atoms with Crippen LogP contribution >= 0.6 is 11.6 Å². The number of halogens is 1. The molecular weight excluding hydrogens is 292 g/mol. The van der Waals surface area contributed by atoms with Crippen LogP contribution in [-0.2, 0) is 17.9 Å². The lowest BCUT2D eigenvalue weighted by Crippen LogP contribution is -2.36. The van der Waals surface area contributed by atoms with E-state index in [9.17, 15) is 4.79 Å². The number of carbonyl (C=O) groups is 1. The van der Waals surface area contributed by atoms with Gasteiger partial charge in [0.05, 0.1) is 11.6 Å². The summed E-state index contributed by atoms with van der Waals surface area (Å²) < 4.78 is 7.41. The monoisotopic (exact) mass is 308 g/mol. The van der Waals surface area contributed by atoms with E-state index in [2.05, 4.69) is 15.5 Å². The molecule has 1 atom stereocenters. The molecule has 0 aliphatic rings. The van der Waals surface area contributed by atoms with Crippen LogP contribution in [0, 0.1) is 0 Å². The van der Waals surface area contributed by atoms with Gasteiger partial charge in [0.2, 0.25) is 0 Å². The van der Waals surface area contributed by atoms with E-state index in [1.165, 1.54) is 0 Å². The number of hydrogen-bond donors (Lipinski definition) is 1. The van der Waals surface area contributed by atoms with Gasteiger partial charge in [0.25, 0.3) is 5.91 Å². The molecule has 0 fully saturated rings. The van der Waals surface area contributed by atoms with Gasteiger partial charge in [-0.25, -0.2) is 0 Å². The Balaban J connectivity index is 1.90. The lowest BCUT2D eigenvalue weighted by atomic mass is 10.3. The van der Waals surface area contributed by atoms with Gasteiger partial charge in [0.1, 0.15) is 12.1 Å². The van der Waals surface area contributed by atoms with E-state index in [4.69, 9.17) is 16.3 Å². The normalized spacial score (nSPS) is 12.0. The lowest BCUT2D eigenvalue weighted by molar-refractivity contribution is -0.127. The third-order valence-electron chi connectivity index (χ3n) is 2.97. The Morgan fingerprint density at radius 3 is 2.95 bits per heavy atom. The third-order valence-corrected chi connectivity index (χ3v) is 3.28. The Labute approximate surface area is 128 Å². The van der Waals surface area contributed by atoms with Crippen LogP contribution in [0.2, 0.25) is 5.02 Å². The minimum atomic E-state index is -0.650. The van der Waals surface area contributed by atoms with Crippen LogP contribution < -0.4 is 10.1 Å². The SMILES string of the molecule is CCn1cnnc1CNC(=O)C(C)Oc1ccccc1Cl. The maximum absolute atomic E-state index is 12.0. The fourth-order valence-electron chi connectivity index (χ4n) is 1.77. The summed E-state index contributed by atoms with van der Waals surface area (Å²) >= 11 is 5.99. The number of aryl methyl sites for hydroxylation is 1. The van der Waals surface area contributed by atoms with Crippen LogP contribution in [0.5, 0.6) is 5.75 Å². The van der Waals surface area contributed by atoms with Gasteiger partial charge in [-0.15, -0.1) is 10.2 Å². The van der Waals surface area contributed by atoms with Gasteiger partial charge in [-0.3, -0.25) is 4.79 Å². The first-order valence-electron chi connectivity index (χ1n) is 6.67. The number of hydrogen-bond acceptors (Lipinski definition) is 4. The molecule has 1 heterocycles. The van der Waals surface area contributed by atoms with Crippen molar-refractivity contribution in [2.45, 2.75) is 33.0 Å². The zero-order valence-corrected chi connectivity index (χ0v) is 12.7. The van der Waals surface area contributed by atoms with Crippen molar-refractivity contribution in [1.29, 1.82) is 0 Å². The summed E-state index contributed by atoms with van der Waals surface area (Å²) in [6, 6.07) is 7.04. The largest absolute Gasteiger partial charge is 0.479 e. The third kappa shape index (κ3) is 3.95. The van der Waals surface area contributed by atoms with Crippen molar-refractivity contribution in [2.75, 3.05) is 0 Å². The molecule has 1 aromatic carbocycles. The van der Waals surface area contributed by atoms with E-state index in [-0.39, 0.29) is 5.91 Å². The van der Waals surface area contributed by atoms with Crippen LogP contribution in [0.1, 0.15) is 19.7 Å². The van der Waals surface area contributed by atoms with Crippen LogP contribution in [0.3, 0.4) is 0 Å². The number of benzene rings is 1. The van der Waals surface area contributed by atoms with E-state index in [0.29, 0.717) is 23.1 Å². The summed E-state index contributed by atoms with van der Waals surface area (Å²) in [5, 5.41) is 11.0. The quantitative estimate of drug-likeness (QED) is 0.886. The molecule has 1 N–H and O–H groups in total. The molecule has 7 heteroatoms. The van der Waals surface area contributed by atoms with E-state index >= 15 is 0 Å². The summed E-state index contributed by atoms with van der Waals surface area (Å²) in [4.78, 5) is 12.0. The van der Waals surface area contributed by atoms with E-state index in [1.54, 1.807) is 37.5 Å². The highest BCUT2D eigenvalue weighted by Gasteiger charge is 2.16. The molecule has 2 rings (SSSR count). The predicted molar refractivity (Wildman–Crippen MR) is 79.1 cm³/mol. The first-order valence-corrected chi connectivity index (χ1v) is 7.05. The van der Waals surface area contributed by atoms with Crippen molar-refractivity contribution in [1.82, 2.24) is 20.1 Å². The molecule has 0 aliphatic carbocycles. The number of amides is 1.